The normalized spacial score (nSPS) is 18.5. The minimum absolute atomic E-state index is 0.0372. The second kappa shape index (κ2) is 15.9. The fourth-order valence-corrected chi connectivity index (χ4v) is 4.08. The van der Waals surface area contributed by atoms with E-state index in [1.807, 2.05) is 30.3 Å². The molecule has 12 nitrogen and oxygen atoms in total. The first kappa shape index (κ1) is 32.6. The topological polar surface area (TPSA) is 215 Å². The number of nitrogens with zero attached hydrogens (tertiary/aromatic N) is 1. The third-order valence-corrected chi connectivity index (χ3v) is 6.64. The van der Waals surface area contributed by atoms with Gasteiger partial charge in [-0.25, -0.2) is 0 Å². The maximum Gasteiger partial charge on any atom is 0.120 e. The summed E-state index contributed by atoms with van der Waals surface area (Å²) in [5.74, 6) is 1.15. The number of benzene rings is 2. The number of hydrogen-bond donors (Lipinski definition) is 11. The smallest absolute Gasteiger partial charge is 0.120 e. The van der Waals surface area contributed by atoms with Gasteiger partial charge >= 0.3 is 0 Å². The highest BCUT2D eigenvalue weighted by atomic mass is 32.1. The lowest BCUT2D eigenvalue weighted by atomic mass is 10.0. The predicted octanol–water partition coefficient (Wildman–Crippen LogP) is -3.18. The maximum atomic E-state index is 10.4. The first-order valence-corrected chi connectivity index (χ1v) is 12.8. The third kappa shape index (κ3) is 9.26. The molecule has 0 saturated heterocycles. The molecule has 2 aromatic rings. The second-order valence-electron chi connectivity index (χ2n) is 9.21. The van der Waals surface area contributed by atoms with E-state index in [9.17, 15) is 40.9 Å². The summed E-state index contributed by atoms with van der Waals surface area (Å²) in [4.78, 5) is 1.37. The van der Waals surface area contributed by atoms with E-state index in [4.69, 9.17) is 14.9 Å². The second-order valence-corrected chi connectivity index (χ2v) is 9.52. The molecule has 0 aliphatic carbocycles. The Hall–Kier alpha value is -1.59. The van der Waals surface area contributed by atoms with E-state index in [1.54, 1.807) is 6.07 Å². The Bertz CT molecular complexity index is 940. The molecule has 0 aliphatic heterocycles. The molecule has 38 heavy (non-hydrogen) atoms. The van der Waals surface area contributed by atoms with Gasteiger partial charge in [-0.2, -0.15) is 12.6 Å². The standard InChI is InChI=1S/C25H39NO11S/c27-11-20(31)24(35)22(33)18(29)9-26(10-19(30)23(34)25(36)21(32)12-28)5-6-37-17-4-3-15-7-14(13-38)1-2-16(15)8-17/h1-4,7-8,18-25,27-36,38H,5-6,9-13H2/t18-,19-,20+,21+,22+,23+,24+,25+/m0/s1. The fraction of sp³-hybridized carbons (Fsp3) is 0.600. The van der Waals surface area contributed by atoms with E-state index in [-0.39, 0.29) is 26.2 Å². The maximum absolute atomic E-state index is 10.4. The number of rotatable bonds is 17. The molecule has 2 rings (SSSR count). The Labute approximate surface area is 226 Å². The molecule has 0 saturated carbocycles. The monoisotopic (exact) mass is 561 g/mol. The Morgan fingerprint density at radius 1 is 0.658 bits per heavy atom. The zero-order valence-corrected chi connectivity index (χ0v) is 21.7. The van der Waals surface area contributed by atoms with E-state index in [1.165, 1.54) is 4.90 Å². The van der Waals surface area contributed by atoms with Crippen LogP contribution >= 0.6 is 12.6 Å². The van der Waals surface area contributed by atoms with Crippen molar-refractivity contribution >= 4 is 23.4 Å². The quantitative estimate of drug-likeness (QED) is 0.0863. The summed E-state index contributed by atoms with van der Waals surface area (Å²) >= 11 is 4.27. The molecule has 0 heterocycles. The summed E-state index contributed by atoms with van der Waals surface area (Å²) in [6, 6.07) is 11.4. The van der Waals surface area contributed by atoms with Crippen molar-refractivity contribution < 1.29 is 55.8 Å². The van der Waals surface area contributed by atoms with Gasteiger partial charge in [-0.15, -0.1) is 0 Å². The van der Waals surface area contributed by atoms with Crippen LogP contribution in [0.25, 0.3) is 10.8 Å². The van der Waals surface area contributed by atoms with Gasteiger partial charge in [-0.05, 0) is 28.5 Å². The molecule has 10 N–H and O–H groups in total. The van der Waals surface area contributed by atoms with Crippen LogP contribution in [0.3, 0.4) is 0 Å². The molecular weight excluding hydrogens is 522 g/mol. The minimum Gasteiger partial charge on any atom is -0.492 e. The minimum atomic E-state index is -1.86. The van der Waals surface area contributed by atoms with Crippen LogP contribution in [0, 0.1) is 0 Å². The summed E-state index contributed by atoms with van der Waals surface area (Å²) in [5, 5.41) is 100.0. The summed E-state index contributed by atoms with van der Waals surface area (Å²) in [6.45, 7) is -2.35. The van der Waals surface area contributed by atoms with E-state index in [0.29, 0.717) is 11.5 Å². The van der Waals surface area contributed by atoms with Crippen molar-refractivity contribution in [1.82, 2.24) is 4.90 Å². The molecule has 0 radical (unpaired) electrons. The number of aliphatic hydroxyl groups excluding tert-OH is 10. The van der Waals surface area contributed by atoms with Crippen molar-refractivity contribution in [2.24, 2.45) is 0 Å². The lowest BCUT2D eigenvalue weighted by Crippen LogP contribution is -2.53. The van der Waals surface area contributed by atoms with Gasteiger partial charge in [0.1, 0.15) is 49.0 Å². The molecule has 0 fully saturated rings. The van der Waals surface area contributed by atoms with Crippen LogP contribution < -0.4 is 4.74 Å². The largest absolute Gasteiger partial charge is 0.492 e. The molecule has 8 atom stereocenters. The summed E-state index contributed by atoms with van der Waals surface area (Å²) in [6.07, 6.45) is -14.1. The van der Waals surface area contributed by atoms with Gasteiger partial charge in [0.2, 0.25) is 0 Å². The average Bonchev–Trinajstić information content (AvgIpc) is 2.93. The third-order valence-electron chi connectivity index (χ3n) is 6.28. The first-order valence-electron chi connectivity index (χ1n) is 12.2. The zero-order valence-electron chi connectivity index (χ0n) is 20.8. The van der Waals surface area contributed by atoms with Crippen molar-refractivity contribution in [2.75, 3.05) is 39.5 Å². The Morgan fingerprint density at radius 3 is 1.63 bits per heavy atom. The van der Waals surface area contributed by atoms with Gasteiger partial charge in [-0.3, -0.25) is 4.90 Å². The first-order chi connectivity index (χ1) is 18.0. The number of aliphatic hydroxyl groups is 10. The molecule has 0 spiro atoms. The van der Waals surface area contributed by atoms with E-state index in [0.717, 1.165) is 16.3 Å². The molecule has 216 valence electrons. The number of fused-ring (bicyclic) bond motifs is 1. The highest BCUT2D eigenvalue weighted by Crippen LogP contribution is 2.23. The number of hydrogen-bond acceptors (Lipinski definition) is 13. The summed E-state index contributed by atoms with van der Waals surface area (Å²) in [7, 11) is 0. The molecule has 0 amide bonds. The Morgan fingerprint density at radius 2 is 1.13 bits per heavy atom. The van der Waals surface area contributed by atoms with Gasteiger partial charge < -0.3 is 55.8 Å². The van der Waals surface area contributed by atoms with Crippen LogP contribution in [0.5, 0.6) is 5.75 Å². The fourth-order valence-electron chi connectivity index (χ4n) is 3.88. The van der Waals surface area contributed by atoms with Crippen LogP contribution in [0.15, 0.2) is 36.4 Å². The van der Waals surface area contributed by atoms with E-state index >= 15 is 0 Å². The molecule has 0 bridgehead atoms. The van der Waals surface area contributed by atoms with E-state index < -0.39 is 62.0 Å². The van der Waals surface area contributed by atoms with Crippen molar-refractivity contribution in [3.63, 3.8) is 0 Å². The molecule has 0 unspecified atom stereocenters. The molecular formula is C25H39NO11S. The van der Waals surface area contributed by atoms with Crippen molar-refractivity contribution in [1.29, 1.82) is 0 Å². The van der Waals surface area contributed by atoms with Gasteiger partial charge in [0, 0.05) is 25.4 Å². The van der Waals surface area contributed by atoms with Crippen molar-refractivity contribution in [2.45, 2.75) is 54.6 Å². The summed E-state index contributed by atoms with van der Waals surface area (Å²) in [5.41, 5.74) is 1.07. The lowest BCUT2D eigenvalue weighted by molar-refractivity contribution is -0.130. The van der Waals surface area contributed by atoms with Crippen LogP contribution in [-0.4, -0.2) is 144 Å². The highest BCUT2D eigenvalue weighted by molar-refractivity contribution is 7.79. The molecule has 13 heteroatoms. The lowest BCUT2D eigenvalue weighted by Gasteiger charge is -2.33. The van der Waals surface area contributed by atoms with Gasteiger partial charge in [0.05, 0.1) is 25.4 Å². The van der Waals surface area contributed by atoms with Crippen LogP contribution in [0.2, 0.25) is 0 Å². The Kier molecular flexibility index (Phi) is 13.6. The predicted molar refractivity (Wildman–Crippen MR) is 141 cm³/mol. The van der Waals surface area contributed by atoms with Crippen LogP contribution in [-0.2, 0) is 5.75 Å². The molecule has 2 aromatic carbocycles. The SMILES string of the molecule is OC[C@@H](O)[C@@H](O)[C@H](O)[C@@H](O)CN(CCOc1ccc2cc(CS)ccc2c1)C[C@H](O)[C@@H](O)[C@H](O)[C@H](O)CO. The molecule has 0 aliphatic rings. The zero-order chi connectivity index (χ0) is 28.4. The van der Waals surface area contributed by atoms with Gasteiger partial charge in [-0.1, -0.05) is 24.3 Å². The van der Waals surface area contributed by atoms with Crippen LogP contribution in [0.4, 0.5) is 0 Å². The summed E-state index contributed by atoms with van der Waals surface area (Å²) < 4.78 is 5.80. The van der Waals surface area contributed by atoms with Crippen LogP contribution in [0.1, 0.15) is 5.56 Å². The Balaban J connectivity index is 2.09. The van der Waals surface area contributed by atoms with Crippen molar-refractivity contribution in [3.8, 4) is 5.75 Å². The van der Waals surface area contributed by atoms with Gasteiger partial charge in [0.25, 0.3) is 0 Å². The number of thiol groups is 1. The number of ether oxygens (including phenoxy) is 1. The van der Waals surface area contributed by atoms with Gasteiger partial charge in [0.15, 0.2) is 0 Å². The molecule has 0 aromatic heterocycles. The van der Waals surface area contributed by atoms with E-state index in [2.05, 4.69) is 12.6 Å². The average molecular weight is 562 g/mol. The van der Waals surface area contributed by atoms with Crippen molar-refractivity contribution in [3.05, 3.63) is 42.0 Å². The highest BCUT2D eigenvalue weighted by Gasteiger charge is 2.34.